The Labute approximate surface area is 157 Å². The van der Waals surface area contributed by atoms with E-state index in [1.165, 1.54) is 0 Å². The topological polar surface area (TPSA) is 75.0 Å². The van der Waals surface area contributed by atoms with E-state index in [-0.39, 0.29) is 5.97 Å². The monoisotopic (exact) mass is 373 g/mol. The Hall–Kier alpha value is -2.58. The van der Waals surface area contributed by atoms with Crippen molar-refractivity contribution in [1.82, 2.24) is 14.7 Å². The molecule has 3 heterocycles. The lowest BCUT2D eigenvalue weighted by Gasteiger charge is -2.27. The number of ether oxygens (including phenoxy) is 4. The van der Waals surface area contributed by atoms with E-state index in [0.29, 0.717) is 50.9 Å². The van der Waals surface area contributed by atoms with E-state index < -0.39 is 0 Å². The van der Waals surface area contributed by atoms with Gasteiger partial charge in [-0.3, -0.25) is 4.90 Å². The molecule has 27 heavy (non-hydrogen) atoms. The van der Waals surface area contributed by atoms with Crippen molar-refractivity contribution in [3.63, 3.8) is 0 Å². The average Bonchev–Trinajstić information content (AvgIpc) is 3.12. The summed E-state index contributed by atoms with van der Waals surface area (Å²) < 4.78 is 23.7. The van der Waals surface area contributed by atoms with E-state index in [1.54, 1.807) is 17.8 Å². The summed E-state index contributed by atoms with van der Waals surface area (Å²) in [4.78, 5) is 14.7. The van der Waals surface area contributed by atoms with Gasteiger partial charge in [0, 0.05) is 25.7 Å². The fourth-order valence-electron chi connectivity index (χ4n) is 3.26. The molecule has 0 aliphatic carbocycles. The van der Waals surface area contributed by atoms with E-state index in [9.17, 15) is 4.79 Å². The zero-order chi connectivity index (χ0) is 18.6. The van der Waals surface area contributed by atoms with Crippen molar-refractivity contribution in [2.45, 2.75) is 13.5 Å². The van der Waals surface area contributed by atoms with Gasteiger partial charge in [0.15, 0.2) is 11.5 Å². The third kappa shape index (κ3) is 3.77. The molecule has 2 aromatic rings. The van der Waals surface area contributed by atoms with Crippen LogP contribution in [0, 0.1) is 0 Å². The SMILES string of the molecule is CCOC(=O)c1cnn(-c2ccc3c(c2)OCCO3)c1CN1CCOCC1. The highest BCUT2D eigenvalue weighted by Gasteiger charge is 2.23. The summed E-state index contributed by atoms with van der Waals surface area (Å²) in [5.41, 5.74) is 2.10. The molecule has 0 unspecified atom stereocenters. The Morgan fingerprint density at radius 1 is 1.15 bits per heavy atom. The van der Waals surface area contributed by atoms with Gasteiger partial charge < -0.3 is 18.9 Å². The van der Waals surface area contributed by atoms with Gasteiger partial charge >= 0.3 is 5.97 Å². The van der Waals surface area contributed by atoms with Gasteiger partial charge in [-0.05, 0) is 19.1 Å². The number of fused-ring (bicyclic) bond motifs is 1. The average molecular weight is 373 g/mol. The molecule has 4 rings (SSSR count). The Bertz CT molecular complexity index is 814. The summed E-state index contributed by atoms with van der Waals surface area (Å²) in [6.07, 6.45) is 1.57. The van der Waals surface area contributed by atoms with E-state index >= 15 is 0 Å². The maximum atomic E-state index is 12.4. The summed E-state index contributed by atoms with van der Waals surface area (Å²) in [5.74, 6) is 1.05. The molecule has 1 aromatic heterocycles. The largest absolute Gasteiger partial charge is 0.486 e. The molecule has 1 aromatic carbocycles. The molecule has 0 radical (unpaired) electrons. The highest BCUT2D eigenvalue weighted by molar-refractivity contribution is 5.90. The number of benzene rings is 1. The number of carbonyl (C=O) groups excluding carboxylic acids is 1. The second kappa shape index (κ2) is 7.98. The lowest BCUT2D eigenvalue weighted by Crippen LogP contribution is -2.36. The van der Waals surface area contributed by atoms with Crippen LogP contribution in [-0.4, -0.2) is 66.8 Å². The number of rotatable bonds is 5. The van der Waals surface area contributed by atoms with Crippen LogP contribution in [0.15, 0.2) is 24.4 Å². The predicted octanol–water partition coefficient (Wildman–Crippen LogP) is 1.65. The molecule has 0 amide bonds. The second-order valence-corrected chi connectivity index (χ2v) is 6.35. The van der Waals surface area contributed by atoms with Crippen molar-refractivity contribution < 1.29 is 23.7 Å². The first-order valence-electron chi connectivity index (χ1n) is 9.20. The predicted molar refractivity (Wildman–Crippen MR) is 96.6 cm³/mol. The Kier molecular flexibility index (Phi) is 5.26. The molecule has 8 heteroatoms. The van der Waals surface area contributed by atoms with Crippen LogP contribution < -0.4 is 9.47 Å². The van der Waals surface area contributed by atoms with Crippen LogP contribution >= 0.6 is 0 Å². The Morgan fingerprint density at radius 3 is 2.70 bits per heavy atom. The summed E-state index contributed by atoms with van der Waals surface area (Å²) in [5, 5.41) is 4.47. The summed E-state index contributed by atoms with van der Waals surface area (Å²) in [6, 6.07) is 5.67. The first-order chi connectivity index (χ1) is 13.3. The van der Waals surface area contributed by atoms with Crippen molar-refractivity contribution in [3.8, 4) is 17.2 Å². The maximum absolute atomic E-state index is 12.4. The molecule has 1 fully saturated rings. The summed E-state index contributed by atoms with van der Waals surface area (Å²) in [7, 11) is 0. The van der Waals surface area contributed by atoms with Gasteiger partial charge in [-0.15, -0.1) is 0 Å². The van der Waals surface area contributed by atoms with Crippen molar-refractivity contribution in [2.24, 2.45) is 0 Å². The number of hydrogen-bond acceptors (Lipinski definition) is 7. The molecule has 144 valence electrons. The van der Waals surface area contributed by atoms with Crippen LogP contribution in [0.5, 0.6) is 11.5 Å². The van der Waals surface area contributed by atoms with E-state index in [1.807, 2.05) is 18.2 Å². The van der Waals surface area contributed by atoms with Gasteiger partial charge in [-0.25, -0.2) is 9.48 Å². The van der Waals surface area contributed by atoms with E-state index in [0.717, 1.165) is 30.2 Å². The molecular formula is C19H23N3O5. The first kappa shape index (κ1) is 17.8. The molecule has 2 aliphatic rings. The minimum Gasteiger partial charge on any atom is -0.486 e. The fraction of sp³-hybridized carbons (Fsp3) is 0.474. The van der Waals surface area contributed by atoms with E-state index in [4.69, 9.17) is 18.9 Å². The van der Waals surface area contributed by atoms with Crippen molar-refractivity contribution >= 4 is 5.97 Å². The lowest BCUT2D eigenvalue weighted by atomic mass is 10.2. The van der Waals surface area contributed by atoms with Gasteiger partial charge in [0.2, 0.25) is 0 Å². The number of morpholine rings is 1. The quantitative estimate of drug-likeness (QED) is 0.738. The molecule has 0 N–H and O–H groups in total. The first-order valence-corrected chi connectivity index (χ1v) is 9.20. The van der Waals surface area contributed by atoms with Gasteiger partial charge in [0.25, 0.3) is 0 Å². The van der Waals surface area contributed by atoms with Crippen LogP contribution in [0.3, 0.4) is 0 Å². The van der Waals surface area contributed by atoms with Crippen LogP contribution in [0.25, 0.3) is 5.69 Å². The number of esters is 1. The van der Waals surface area contributed by atoms with Gasteiger partial charge in [0.1, 0.15) is 18.8 Å². The molecule has 0 saturated carbocycles. The molecule has 0 atom stereocenters. The van der Waals surface area contributed by atoms with Gasteiger partial charge in [0.05, 0.1) is 37.4 Å². The van der Waals surface area contributed by atoms with Gasteiger partial charge in [-0.1, -0.05) is 0 Å². The van der Waals surface area contributed by atoms with Crippen molar-refractivity contribution in [2.75, 3.05) is 46.1 Å². The third-order valence-electron chi connectivity index (χ3n) is 4.61. The summed E-state index contributed by atoms with van der Waals surface area (Å²) >= 11 is 0. The van der Waals surface area contributed by atoms with E-state index in [2.05, 4.69) is 10.00 Å². The smallest absolute Gasteiger partial charge is 0.341 e. The van der Waals surface area contributed by atoms with Gasteiger partial charge in [-0.2, -0.15) is 5.10 Å². The van der Waals surface area contributed by atoms with Crippen molar-refractivity contribution in [1.29, 1.82) is 0 Å². The molecular weight excluding hydrogens is 350 g/mol. The Balaban J connectivity index is 1.69. The van der Waals surface area contributed by atoms with Crippen LogP contribution in [-0.2, 0) is 16.0 Å². The number of nitrogens with zero attached hydrogens (tertiary/aromatic N) is 3. The highest BCUT2D eigenvalue weighted by Crippen LogP contribution is 2.32. The molecule has 8 nitrogen and oxygen atoms in total. The van der Waals surface area contributed by atoms with Crippen LogP contribution in [0.1, 0.15) is 23.0 Å². The third-order valence-corrected chi connectivity index (χ3v) is 4.61. The molecule has 0 spiro atoms. The number of aromatic nitrogens is 2. The fourth-order valence-corrected chi connectivity index (χ4v) is 3.26. The second-order valence-electron chi connectivity index (χ2n) is 6.35. The number of carbonyl (C=O) groups is 1. The normalized spacial score (nSPS) is 16.9. The molecule has 1 saturated heterocycles. The highest BCUT2D eigenvalue weighted by atomic mass is 16.6. The standard InChI is InChI=1S/C19H23N3O5/c1-2-25-19(23)15-12-20-22(16(15)13-21-5-7-24-8-6-21)14-3-4-17-18(11-14)27-10-9-26-17/h3-4,11-12H,2,5-10,13H2,1H3. The van der Waals surface area contributed by atoms with Crippen LogP contribution in [0.4, 0.5) is 0 Å². The lowest BCUT2D eigenvalue weighted by molar-refractivity contribution is 0.0328. The minimum absolute atomic E-state index is 0.324. The Morgan fingerprint density at radius 2 is 1.93 bits per heavy atom. The number of hydrogen-bond donors (Lipinski definition) is 0. The minimum atomic E-state index is -0.357. The van der Waals surface area contributed by atoms with Crippen LogP contribution in [0.2, 0.25) is 0 Å². The molecule has 0 bridgehead atoms. The maximum Gasteiger partial charge on any atom is 0.341 e. The zero-order valence-electron chi connectivity index (χ0n) is 15.3. The zero-order valence-corrected chi connectivity index (χ0v) is 15.3. The molecule has 2 aliphatic heterocycles. The summed E-state index contributed by atoms with van der Waals surface area (Å²) in [6.45, 7) is 6.78. The van der Waals surface area contributed by atoms with Crippen molar-refractivity contribution in [3.05, 3.63) is 35.7 Å².